The summed E-state index contributed by atoms with van der Waals surface area (Å²) >= 11 is 6.09. The van der Waals surface area contributed by atoms with Gasteiger partial charge in [-0.3, -0.25) is 4.79 Å². The number of nitrogens with zero attached hydrogens (tertiary/aromatic N) is 1. The molecule has 0 spiro atoms. The number of carbonyl (C=O) groups is 1. The molecule has 0 saturated heterocycles. The van der Waals surface area contributed by atoms with Crippen LogP contribution in [0.25, 0.3) is 0 Å². The molecule has 2 N–H and O–H groups in total. The fourth-order valence-corrected chi connectivity index (χ4v) is 2.22. The Morgan fingerprint density at radius 3 is 2.81 bits per heavy atom. The molecule has 0 bridgehead atoms. The van der Waals surface area contributed by atoms with Crippen molar-refractivity contribution >= 4 is 23.2 Å². The lowest BCUT2D eigenvalue weighted by atomic mass is 10.1. The number of likely N-dealkylation sites (N-methyl/N-ethyl adjacent to an activating group) is 2. The van der Waals surface area contributed by atoms with Crippen molar-refractivity contribution < 1.29 is 9.53 Å². The summed E-state index contributed by atoms with van der Waals surface area (Å²) in [4.78, 5) is 13.7. The number of nitrogens with one attached hydrogen (secondary N) is 2. The smallest absolute Gasteiger partial charge is 0.239 e. The molecule has 0 saturated carbocycles. The van der Waals surface area contributed by atoms with E-state index >= 15 is 0 Å². The highest BCUT2D eigenvalue weighted by molar-refractivity contribution is 6.30. The summed E-state index contributed by atoms with van der Waals surface area (Å²) in [5.74, 6) is -0.00917. The Kier molecular flexibility index (Phi) is 8.12. The molecule has 118 valence electrons. The first kappa shape index (κ1) is 17.8. The van der Waals surface area contributed by atoms with Crippen LogP contribution in [0.4, 0.5) is 5.69 Å². The maximum absolute atomic E-state index is 11.6. The zero-order chi connectivity index (χ0) is 15.7. The number of carbonyl (C=O) groups excluding carboxylic acids is 1. The van der Waals surface area contributed by atoms with Crippen molar-refractivity contribution in [3.8, 4) is 0 Å². The number of halogens is 1. The van der Waals surface area contributed by atoms with Crippen molar-refractivity contribution in [3.05, 3.63) is 28.8 Å². The molecule has 5 nitrogen and oxygen atoms in total. The fourth-order valence-electron chi connectivity index (χ4n) is 2.02. The summed E-state index contributed by atoms with van der Waals surface area (Å²) in [6.45, 7) is 5.22. The van der Waals surface area contributed by atoms with Crippen LogP contribution in [0.2, 0.25) is 5.02 Å². The number of hydrogen-bond acceptors (Lipinski definition) is 4. The van der Waals surface area contributed by atoms with Gasteiger partial charge in [0, 0.05) is 44.5 Å². The van der Waals surface area contributed by atoms with Gasteiger partial charge in [-0.1, -0.05) is 11.6 Å². The molecule has 21 heavy (non-hydrogen) atoms. The first-order chi connectivity index (χ1) is 10.1. The molecular formula is C15H24ClN3O2. The highest BCUT2D eigenvalue weighted by Gasteiger charge is 2.13. The Balaban J connectivity index is 2.85. The predicted molar refractivity (Wildman–Crippen MR) is 87.0 cm³/mol. The molecule has 0 atom stereocenters. The second-order valence-corrected chi connectivity index (χ2v) is 5.07. The summed E-state index contributed by atoms with van der Waals surface area (Å²) in [5, 5.41) is 6.65. The van der Waals surface area contributed by atoms with Crippen LogP contribution >= 0.6 is 11.6 Å². The van der Waals surface area contributed by atoms with E-state index in [1.54, 1.807) is 14.2 Å². The van der Waals surface area contributed by atoms with Crippen LogP contribution < -0.4 is 15.5 Å². The van der Waals surface area contributed by atoms with Crippen LogP contribution in [0, 0.1) is 0 Å². The van der Waals surface area contributed by atoms with Gasteiger partial charge in [-0.05, 0) is 30.7 Å². The van der Waals surface area contributed by atoms with Crippen LogP contribution in [0.5, 0.6) is 0 Å². The van der Waals surface area contributed by atoms with Gasteiger partial charge >= 0.3 is 0 Å². The van der Waals surface area contributed by atoms with Crippen LogP contribution in [-0.4, -0.2) is 46.3 Å². The molecule has 0 fully saturated rings. The van der Waals surface area contributed by atoms with Gasteiger partial charge in [-0.15, -0.1) is 0 Å². The summed E-state index contributed by atoms with van der Waals surface area (Å²) in [6.07, 6.45) is 0. The van der Waals surface area contributed by atoms with Crippen LogP contribution in [0.1, 0.15) is 12.5 Å². The molecule has 0 heterocycles. The lowest BCUT2D eigenvalue weighted by molar-refractivity contribution is -0.119. The third-order valence-electron chi connectivity index (χ3n) is 3.18. The molecule has 1 aromatic rings. The number of benzene rings is 1. The van der Waals surface area contributed by atoms with Gasteiger partial charge < -0.3 is 20.3 Å². The first-order valence-corrected chi connectivity index (χ1v) is 7.43. The predicted octanol–water partition coefficient (Wildman–Crippen LogP) is 1.65. The highest BCUT2D eigenvalue weighted by atomic mass is 35.5. The van der Waals surface area contributed by atoms with E-state index in [0.29, 0.717) is 24.7 Å². The Hall–Kier alpha value is -1.30. The summed E-state index contributed by atoms with van der Waals surface area (Å²) in [6, 6.07) is 5.74. The Morgan fingerprint density at radius 1 is 1.43 bits per heavy atom. The van der Waals surface area contributed by atoms with Crippen LogP contribution in [-0.2, 0) is 16.1 Å². The average molecular weight is 314 g/mol. The fraction of sp³-hybridized carbons (Fsp3) is 0.533. The van der Waals surface area contributed by atoms with Gasteiger partial charge in [0.2, 0.25) is 5.91 Å². The van der Waals surface area contributed by atoms with Crippen LogP contribution in [0.15, 0.2) is 18.2 Å². The molecule has 0 aliphatic rings. The molecule has 1 amide bonds. The number of ether oxygens (including phenoxy) is 1. The number of hydrogen-bond donors (Lipinski definition) is 2. The van der Waals surface area contributed by atoms with E-state index in [2.05, 4.69) is 10.6 Å². The van der Waals surface area contributed by atoms with Crippen molar-refractivity contribution in [2.45, 2.75) is 13.5 Å². The van der Waals surface area contributed by atoms with E-state index in [-0.39, 0.29) is 5.91 Å². The molecule has 1 rings (SSSR count). The molecule has 6 heteroatoms. The van der Waals surface area contributed by atoms with Gasteiger partial charge in [-0.25, -0.2) is 0 Å². The summed E-state index contributed by atoms with van der Waals surface area (Å²) < 4.78 is 5.02. The minimum Gasteiger partial charge on any atom is -0.383 e. The monoisotopic (exact) mass is 313 g/mol. The first-order valence-electron chi connectivity index (χ1n) is 7.06. The van der Waals surface area contributed by atoms with Crippen molar-refractivity contribution in [2.24, 2.45) is 0 Å². The van der Waals surface area contributed by atoms with E-state index in [1.165, 1.54) is 0 Å². The molecule has 0 unspecified atom stereocenters. The highest BCUT2D eigenvalue weighted by Crippen LogP contribution is 2.24. The SMILES string of the molecule is CCN(CC(=O)NC)c1ccc(Cl)cc1CNCCOC. The summed E-state index contributed by atoms with van der Waals surface area (Å²) in [7, 11) is 3.32. The van der Waals surface area contributed by atoms with Gasteiger partial charge in [0.05, 0.1) is 13.2 Å². The van der Waals surface area contributed by atoms with Crippen molar-refractivity contribution in [1.82, 2.24) is 10.6 Å². The summed E-state index contributed by atoms with van der Waals surface area (Å²) in [5.41, 5.74) is 2.10. The zero-order valence-electron chi connectivity index (χ0n) is 12.9. The maximum atomic E-state index is 11.6. The zero-order valence-corrected chi connectivity index (χ0v) is 13.7. The third kappa shape index (κ3) is 5.91. The molecule has 0 aliphatic carbocycles. The lowest BCUT2D eigenvalue weighted by Crippen LogP contribution is -2.36. The van der Waals surface area contributed by atoms with Gasteiger partial charge in [0.25, 0.3) is 0 Å². The van der Waals surface area contributed by atoms with Crippen molar-refractivity contribution in [2.75, 3.05) is 45.3 Å². The number of methoxy groups -OCH3 is 1. The van der Waals surface area contributed by atoms with Gasteiger partial charge in [0.15, 0.2) is 0 Å². The van der Waals surface area contributed by atoms with Crippen molar-refractivity contribution in [1.29, 1.82) is 0 Å². The maximum Gasteiger partial charge on any atom is 0.239 e. The third-order valence-corrected chi connectivity index (χ3v) is 3.41. The average Bonchev–Trinajstić information content (AvgIpc) is 2.49. The van der Waals surface area contributed by atoms with E-state index in [4.69, 9.17) is 16.3 Å². The Labute approximate surface area is 131 Å². The molecule has 0 radical (unpaired) electrons. The number of rotatable bonds is 9. The van der Waals surface area contributed by atoms with E-state index in [9.17, 15) is 4.79 Å². The van der Waals surface area contributed by atoms with Gasteiger partial charge in [-0.2, -0.15) is 0 Å². The largest absolute Gasteiger partial charge is 0.383 e. The quantitative estimate of drug-likeness (QED) is 0.681. The lowest BCUT2D eigenvalue weighted by Gasteiger charge is -2.25. The second kappa shape index (κ2) is 9.60. The number of amides is 1. The van der Waals surface area contributed by atoms with E-state index < -0.39 is 0 Å². The van der Waals surface area contributed by atoms with Crippen molar-refractivity contribution in [3.63, 3.8) is 0 Å². The minimum atomic E-state index is -0.00917. The van der Waals surface area contributed by atoms with Crippen LogP contribution in [0.3, 0.4) is 0 Å². The molecular weight excluding hydrogens is 290 g/mol. The number of anilines is 1. The van der Waals surface area contributed by atoms with E-state index in [1.807, 2.05) is 30.0 Å². The molecule has 1 aromatic carbocycles. The minimum absolute atomic E-state index is 0.00917. The standard InChI is InChI=1S/C15H24ClN3O2/c1-4-19(11-15(20)17-2)14-6-5-13(16)9-12(14)10-18-7-8-21-3/h5-6,9,18H,4,7-8,10-11H2,1-3H3,(H,17,20). The molecule has 0 aromatic heterocycles. The Bertz CT molecular complexity index is 455. The van der Waals surface area contributed by atoms with Gasteiger partial charge in [0.1, 0.15) is 0 Å². The Morgan fingerprint density at radius 2 is 2.19 bits per heavy atom. The molecule has 0 aliphatic heterocycles. The normalized spacial score (nSPS) is 10.5. The topological polar surface area (TPSA) is 53.6 Å². The van der Waals surface area contributed by atoms with E-state index in [0.717, 1.165) is 24.3 Å². The second-order valence-electron chi connectivity index (χ2n) is 4.63.